The summed E-state index contributed by atoms with van der Waals surface area (Å²) >= 11 is 0. The van der Waals surface area contributed by atoms with Gasteiger partial charge in [0.2, 0.25) is 0 Å². The minimum Gasteiger partial charge on any atom is -0.459 e. The Morgan fingerprint density at radius 3 is 2.63 bits per heavy atom. The number of esters is 1. The van der Waals surface area contributed by atoms with Gasteiger partial charge in [-0.15, -0.1) is 24.0 Å². The van der Waals surface area contributed by atoms with Crippen LogP contribution >= 0.6 is 24.0 Å². The van der Waals surface area contributed by atoms with Crippen molar-refractivity contribution in [2.45, 2.75) is 46.3 Å². The number of nitrogens with zero attached hydrogens (tertiary/aromatic N) is 3. The van der Waals surface area contributed by atoms with E-state index in [0.29, 0.717) is 5.96 Å². The normalized spacial score (nSPS) is 11.8. The molecule has 1 aromatic carbocycles. The first-order valence-electron chi connectivity index (χ1n) is 8.88. The summed E-state index contributed by atoms with van der Waals surface area (Å²) in [5.41, 5.74) is 1.69. The van der Waals surface area contributed by atoms with Crippen LogP contribution in [-0.4, -0.2) is 47.2 Å². The van der Waals surface area contributed by atoms with E-state index in [1.165, 1.54) is 0 Å². The number of guanidine groups is 1. The third-order valence-corrected chi connectivity index (χ3v) is 3.74. The number of aromatic nitrogens is 2. The highest BCUT2D eigenvalue weighted by molar-refractivity contribution is 14.0. The molecule has 27 heavy (non-hydrogen) atoms. The Morgan fingerprint density at radius 2 is 1.96 bits per heavy atom. The molecule has 0 unspecified atom stereocenters. The van der Waals surface area contributed by atoms with Crippen LogP contribution < -0.4 is 10.6 Å². The fourth-order valence-electron chi connectivity index (χ4n) is 2.68. The molecule has 0 spiro atoms. The SMILES string of the molecule is CN=C(NCCCn1c(C)nc2ccccc21)NCC(=O)OC(C)(C)C.I. The van der Waals surface area contributed by atoms with Gasteiger partial charge in [-0.25, -0.2) is 4.98 Å². The summed E-state index contributed by atoms with van der Waals surface area (Å²) in [7, 11) is 1.68. The van der Waals surface area contributed by atoms with Gasteiger partial charge >= 0.3 is 5.97 Å². The Labute approximate surface area is 178 Å². The van der Waals surface area contributed by atoms with Gasteiger partial charge in [-0.05, 0) is 46.2 Å². The molecule has 0 bridgehead atoms. The highest BCUT2D eigenvalue weighted by Crippen LogP contribution is 2.15. The molecule has 0 radical (unpaired) electrons. The minimum atomic E-state index is -0.485. The van der Waals surface area contributed by atoms with Gasteiger partial charge in [-0.3, -0.25) is 9.79 Å². The topological polar surface area (TPSA) is 80.5 Å². The molecule has 7 nitrogen and oxygen atoms in total. The van der Waals surface area contributed by atoms with E-state index < -0.39 is 5.60 Å². The van der Waals surface area contributed by atoms with E-state index in [0.717, 1.165) is 36.4 Å². The lowest BCUT2D eigenvalue weighted by atomic mass is 10.2. The maximum Gasteiger partial charge on any atom is 0.325 e. The number of carbonyl (C=O) groups excluding carboxylic acids is 1. The maximum atomic E-state index is 11.7. The Balaban J connectivity index is 0.00000364. The van der Waals surface area contributed by atoms with Crippen molar-refractivity contribution >= 4 is 46.9 Å². The Kier molecular flexibility index (Phi) is 9.01. The van der Waals surface area contributed by atoms with Crippen LogP contribution in [0.15, 0.2) is 29.3 Å². The zero-order valence-electron chi connectivity index (χ0n) is 16.7. The molecule has 0 saturated heterocycles. The number of halogens is 1. The number of nitrogens with one attached hydrogen (secondary N) is 2. The first kappa shape index (κ1) is 23.2. The molecule has 0 fully saturated rings. The lowest BCUT2D eigenvalue weighted by Crippen LogP contribution is -2.42. The standard InChI is InChI=1S/C19H29N5O2.HI/c1-14-23-15-9-6-7-10-16(15)24(14)12-8-11-21-18(20-5)22-13-17(25)26-19(2,3)4;/h6-7,9-10H,8,11-13H2,1-5H3,(H2,20,21,22);1H. The zero-order valence-corrected chi connectivity index (χ0v) is 19.0. The molecule has 2 rings (SSSR count). The van der Waals surface area contributed by atoms with Gasteiger partial charge in [0.15, 0.2) is 5.96 Å². The molecule has 2 aromatic rings. The first-order chi connectivity index (χ1) is 12.3. The van der Waals surface area contributed by atoms with Crippen molar-refractivity contribution in [3.8, 4) is 0 Å². The quantitative estimate of drug-likeness (QED) is 0.215. The maximum absolute atomic E-state index is 11.7. The number of benzene rings is 1. The number of para-hydroxylation sites is 2. The van der Waals surface area contributed by atoms with Crippen LogP contribution in [-0.2, 0) is 16.1 Å². The smallest absolute Gasteiger partial charge is 0.325 e. The highest BCUT2D eigenvalue weighted by atomic mass is 127. The lowest BCUT2D eigenvalue weighted by molar-refractivity contribution is -0.153. The van der Waals surface area contributed by atoms with Gasteiger partial charge in [0.05, 0.1) is 11.0 Å². The third kappa shape index (κ3) is 7.36. The van der Waals surface area contributed by atoms with Gasteiger partial charge in [-0.1, -0.05) is 12.1 Å². The second kappa shape index (κ2) is 10.5. The van der Waals surface area contributed by atoms with Crippen molar-refractivity contribution in [2.75, 3.05) is 20.1 Å². The number of aliphatic imine (C=N–C) groups is 1. The summed E-state index contributed by atoms with van der Waals surface area (Å²) in [6.07, 6.45) is 0.911. The van der Waals surface area contributed by atoms with Gasteiger partial charge < -0.3 is 19.9 Å². The molecule has 0 atom stereocenters. The van der Waals surface area contributed by atoms with Crippen LogP contribution in [0, 0.1) is 6.92 Å². The monoisotopic (exact) mass is 487 g/mol. The molecule has 0 saturated carbocycles. The molecule has 0 aliphatic carbocycles. The molecule has 1 heterocycles. The molecular weight excluding hydrogens is 457 g/mol. The number of imidazole rings is 1. The van der Waals surface area contributed by atoms with Crippen LogP contribution in [0.1, 0.15) is 33.0 Å². The molecule has 2 N–H and O–H groups in total. The average molecular weight is 487 g/mol. The Bertz CT molecular complexity index is 780. The van der Waals surface area contributed by atoms with Crippen LogP contribution in [0.2, 0.25) is 0 Å². The van der Waals surface area contributed by atoms with E-state index >= 15 is 0 Å². The van der Waals surface area contributed by atoms with Crippen LogP contribution in [0.25, 0.3) is 11.0 Å². The van der Waals surface area contributed by atoms with Crippen LogP contribution in [0.3, 0.4) is 0 Å². The van der Waals surface area contributed by atoms with Crippen molar-refractivity contribution in [3.63, 3.8) is 0 Å². The Hall–Kier alpha value is -1.84. The largest absolute Gasteiger partial charge is 0.459 e. The van der Waals surface area contributed by atoms with Crippen molar-refractivity contribution in [2.24, 2.45) is 4.99 Å². The fourth-order valence-corrected chi connectivity index (χ4v) is 2.68. The summed E-state index contributed by atoms with van der Waals surface area (Å²) in [5.74, 6) is 1.29. The van der Waals surface area contributed by atoms with Gasteiger partial charge in [0, 0.05) is 20.1 Å². The highest BCUT2D eigenvalue weighted by Gasteiger charge is 2.16. The van der Waals surface area contributed by atoms with Crippen molar-refractivity contribution in [1.29, 1.82) is 0 Å². The first-order valence-corrected chi connectivity index (χ1v) is 8.88. The van der Waals surface area contributed by atoms with Crippen molar-refractivity contribution < 1.29 is 9.53 Å². The summed E-state index contributed by atoms with van der Waals surface area (Å²) < 4.78 is 7.48. The number of carbonyl (C=O) groups is 1. The third-order valence-electron chi connectivity index (χ3n) is 3.74. The molecule has 0 amide bonds. The molecule has 1 aromatic heterocycles. The zero-order chi connectivity index (χ0) is 19.2. The van der Waals surface area contributed by atoms with Crippen molar-refractivity contribution in [1.82, 2.24) is 20.2 Å². The number of ether oxygens (including phenoxy) is 1. The second-order valence-electron chi connectivity index (χ2n) is 7.09. The Morgan fingerprint density at radius 1 is 1.26 bits per heavy atom. The molecule has 0 aliphatic heterocycles. The fraction of sp³-hybridized carbons (Fsp3) is 0.526. The van der Waals surface area contributed by atoms with Crippen LogP contribution in [0.5, 0.6) is 0 Å². The summed E-state index contributed by atoms with van der Waals surface area (Å²) in [6, 6.07) is 8.14. The van der Waals surface area contributed by atoms with E-state index in [-0.39, 0.29) is 36.5 Å². The van der Waals surface area contributed by atoms with E-state index in [9.17, 15) is 4.79 Å². The summed E-state index contributed by atoms with van der Waals surface area (Å²) in [6.45, 7) is 9.25. The van der Waals surface area contributed by atoms with E-state index in [1.807, 2.05) is 45.9 Å². The van der Waals surface area contributed by atoms with E-state index in [1.54, 1.807) is 7.05 Å². The van der Waals surface area contributed by atoms with Gasteiger partial charge in [0.1, 0.15) is 18.0 Å². The number of fused-ring (bicyclic) bond motifs is 1. The average Bonchev–Trinajstić information content (AvgIpc) is 2.88. The second-order valence-corrected chi connectivity index (χ2v) is 7.09. The predicted octanol–water partition coefficient (Wildman–Crippen LogP) is 2.86. The molecule has 0 aliphatic rings. The van der Waals surface area contributed by atoms with Gasteiger partial charge in [-0.2, -0.15) is 0 Å². The van der Waals surface area contributed by atoms with Crippen LogP contribution in [0.4, 0.5) is 0 Å². The van der Waals surface area contributed by atoms with E-state index in [2.05, 4.69) is 31.2 Å². The number of rotatable bonds is 6. The predicted molar refractivity (Wildman–Crippen MR) is 120 cm³/mol. The van der Waals surface area contributed by atoms with E-state index in [4.69, 9.17) is 4.74 Å². The summed E-state index contributed by atoms with van der Waals surface area (Å²) in [4.78, 5) is 20.5. The number of hydrogen-bond donors (Lipinski definition) is 2. The molecule has 8 heteroatoms. The van der Waals surface area contributed by atoms with Gasteiger partial charge in [0.25, 0.3) is 0 Å². The lowest BCUT2D eigenvalue weighted by Gasteiger charge is -2.20. The molecule has 150 valence electrons. The minimum absolute atomic E-state index is 0. The number of aryl methyl sites for hydroxylation is 2. The summed E-state index contributed by atoms with van der Waals surface area (Å²) in [5, 5.41) is 6.19. The number of hydrogen-bond acceptors (Lipinski definition) is 4. The van der Waals surface area contributed by atoms with Crippen molar-refractivity contribution in [3.05, 3.63) is 30.1 Å². The molecular formula is C19H30IN5O2.